The number of nitrogens with one attached hydrogen (secondary N) is 1. The van der Waals surface area contributed by atoms with Crippen LogP contribution in [0.3, 0.4) is 0 Å². The van der Waals surface area contributed by atoms with Crippen molar-refractivity contribution in [3.63, 3.8) is 0 Å². The molecule has 8 unspecified atom stereocenters. The van der Waals surface area contributed by atoms with Gasteiger partial charge in [0.25, 0.3) is 0 Å². The maximum absolute atomic E-state index is 11.5. The molecule has 4 saturated carbocycles. The number of aliphatic hydroxyl groups is 1. The van der Waals surface area contributed by atoms with Gasteiger partial charge in [-0.1, -0.05) is 132 Å². The quantitative estimate of drug-likeness (QED) is 0.0910. The maximum Gasteiger partial charge on any atom is 0.125 e. The third-order valence-electron chi connectivity index (χ3n) is 15.0. The second kappa shape index (κ2) is 19.8. The van der Waals surface area contributed by atoms with E-state index in [2.05, 4.69) is 121 Å². The Morgan fingerprint density at radius 3 is 2.02 bits per heavy atom. The summed E-state index contributed by atoms with van der Waals surface area (Å²) in [6, 6.07) is 9.50. The fourth-order valence-electron chi connectivity index (χ4n) is 13.1. The molecule has 1 aromatic carbocycles. The Kier molecular flexibility index (Phi) is 17.4. The monoisotopic (exact) mass is 766 g/mol. The van der Waals surface area contributed by atoms with Crippen molar-refractivity contribution >= 4 is 27.6 Å². The van der Waals surface area contributed by atoms with Gasteiger partial charge in [-0.15, -0.1) is 13.2 Å². The zero-order valence-electron chi connectivity index (χ0n) is 37.8. The highest BCUT2D eigenvalue weighted by Crippen LogP contribution is 3.01. The lowest BCUT2D eigenvalue weighted by molar-refractivity contribution is -0.114. The minimum atomic E-state index is -0.313. The van der Waals surface area contributed by atoms with Gasteiger partial charge in [-0.2, -0.15) is 10.2 Å². The van der Waals surface area contributed by atoms with Crippen LogP contribution in [0.15, 0.2) is 83.1 Å². The molecule has 6 aliphatic rings. The van der Waals surface area contributed by atoms with Crippen molar-refractivity contribution in [1.29, 1.82) is 0 Å². The Morgan fingerprint density at radius 2 is 1.54 bits per heavy atom. The van der Waals surface area contributed by atoms with Gasteiger partial charge >= 0.3 is 0 Å². The van der Waals surface area contributed by atoms with Crippen LogP contribution in [0.5, 0.6) is 0 Å². The number of piperidine rings is 1. The molecule has 1 saturated heterocycles. The van der Waals surface area contributed by atoms with Crippen LogP contribution in [0.25, 0.3) is 0 Å². The number of allylic oxidation sites excluding steroid dienone is 3. The second-order valence-corrected chi connectivity index (χ2v) is 18.4. The molecule has 6 heteroatoms. The number of aryl methyl sites for hydroxylation is 2. The van der Waals surface area contributed by atoms with E-state index < -0.39 is 0 Å². The summed E-state index contributed by atoms with van der Waals surface area (Å²) in [5, 5.41) is 17.2. The molecular weight excluding hydrogens is 685 g/mol. The van der Waals surface area contributed by atoms with Crippen LogP contribution in [-0.2, 0) is 4.79 Å². The van der Waals surface area contributed by atoms with E-state index in [4.69, 9.17) is 13.0 Å². The predicted molar refractivity (Wildman–Crippen MR) is 245 cm³/mol. The van der Waals surface area contributed by atoms with Crippen LogP contribution >= 0.6 is 0 Å². The van der Waals surface area contributed by atoms with Gasteiger partial charge in [0.2, 0.25) is 0 Å². The molecule has 56 heavy (non-hydrogen) atoms. The summed E-state index contributed by atoms with van der Waals surface area (Å²) >= 11 is 0. The summed E-state index contributed by atoms with van der Waals surface area (Å²) < 4.78 is 0. The van der Waals surface area contributed by atoms with Crippen molar-refractivity contribution < 1.29 is 9.90 Å². The molecule has 0 amide bonds. The molecule has 1 heterocycles. The maximum atomic E-state index is 11.5. The number of rotatable bonds is 8. The number of aldehydes is 1. The van der Waals surface area contributed by atoms with Gasteiger partial charge in [0.1, 0.15) is 6.29 Å². The number of carbonyl (C=O) groups is 1. The average Bonchev–Trinajstić information content (AvgIpc) is 3.42. The van der Waals surface area contributed by atoms with Crippen LogP contribution < -0.4 is 5.32 Å². The topological polar surface area (TPSA) is 74.1 Å². The molecule has 310 valence electrons. The first-order chi connectivity index (χ1) is 26.5. The number of hydrogen-bond donors (Lipinski definition) is 2. The van der Waals surface area contributed by atoms with Crippen molar-refractivity contribution in [2.24, 2.45) is 49.1 Å². The third-order valence-corrected chi connectivity index (χ3v) is 15.0. The Bertz CT molecular complexity index is 1530. The molecule has 1 aliphatic heterocycles. The molecule has 1 aromatic rings. The van der Waals surface area contributed by atoms with E-state index in [1.165, 1.54) is 86.5 Å². The summed E-state index contributed by atoms with van der Waals surface area (Å²) in [5.41, 5.74) is 9.64. The van der Waals surface area contributed by atoms with Crippen LogP contribution in [0.4, 0.5) is 0 Å². The number of nitrogens with zero attached hydrogens (tertiary/aromatic N) is 2. The fraction of sp³-hybridized carbons (Fsp3) is 0.660. The van der Waals surface area contributed by atoms with E-state index in [0.29, 0.717) is 29.3 Å². The van der Waals surface area contributed by atoms with Gasteiger partial charge in [0.15, 0.2) is 0 Å². The molecule has 2 spiro atoms. The molecule has 5 nitrogen and oxygen atoms in total. The molecule has 5 fully saturated rings. The first-order valence-corrected chi connectivity index (χ1v) is 21.5. The summed E-state index contributed by atoms with van der Waals surface area (Å²) in [7, 11) is 8.73. The number of carbonyl (C=O) groups excluding carboxylic acids is 1. The molecule has 2 N–H and O–H groups in total. The van der Waals surface area contributed by atoms with Crippen LogP contribution in [-0.4, -0.2) is 51.9 Å². The largest absolute Gasteiger partial charge is 0.400 e. The van der Waals surface area contributed by atoms with Gasteiger partial charge < -0.3 is 15.2 Å². The van der Waals surface area contributed by atoms with Crippen LogP contribution in [0.2, 0.25) is 5.31 Å². The lowest BCUT2D eigenvalue weighted by Crippen LogP contribution is -2.59. The van der Waals surface area contributed by atoms with Gasteiger partial charge in [-0.25, -0.2) is 0 Å². The van der Waals surface area contributed by atoms with Gasteiger partial charge in [0.05, 0.1) is 7.85 Å². The summed E-state index contributed by atoms with van der Waals surface area (Å²) in [6.07, 6.45) is 15.4. The van der Waals surface area contributed by atoms with Crippen molar-refractivity contribution in [2.75, 3.05) is 7.11 Å². The Hall–Kier alpha value is -2.83. The fourth-order valence-corrected chi connectivity index (χ4v) is 13.1. The Balaban J connectivity index is 0.000000507. The number of benzene rings is 1. The zero-order valence-corrected chi connectivity index (χ0v) is 37.8. The minimum Gasteiger partial charge on any atom is -0.400 e. The van der Waals surface area contributed by atoms with Crippen molar-refractivity contribution in [1.82, 2.24) is 5.32 Å². The molecule has 0 aromatic heterocycles. The number of fused-ring (bicyclic) bond motifs is 3. The molecular formula is C50H80BN3O2. The van der Waals surface area contributed by atoms with E-state index in [1.807, 2.05) is 33.3 Å². The standard InChI is InChI=1S/C35H52BNO.C8H10.C2H4N2.C2H6.C2H4.CH4O/c1-9-32-16-17-33-26(29(32)28(22(2)3)24(5)20-32)11-14-34(33)31(8)13-10-25(18-23(4)19-30(6,7)21-38)37-27(31)12-15-35(33,34)36;1-7-3-5-8(2)6-4-7;1-3-4-2;3*1-2/h21-22,25-27,37H,4-5,9-20H2,1-3,6-8H3;3-6H,1-2H3;1-2H2;1-2H3;1-2H2;2H,1H3. The normalized spacial score (nSPS) is 34.0. The van der Waals surface area contributed by atoms with Crippen molar-refractivity contribution in [2.45, 2.75) is 164 Å². The highest BCUT2D eigenvalue weighted by atomic mass is 16.2. The van der Waals surface area contributed by atoms with Crippen LogP contribution in [0.1, 0.15) is 144 Å². The molecule has 2 radical (unpaired) electrons. The molecule has 0 bridgehead atoms. The van der Waals surface area contributed by atoms with E-state index in [-0.39, 0.29) is 27.0 Å². The summed E-state index contributed by atoms with van der Waals surface area (Å²) in [4.78, 5) is 11.5. The average molecular weight is 766 g/mol. The summed E-state index contributed by atoms with van der Waals surface area (Å²) in [5.74, 6) is 1.22. The smallest absolute Gasteiger partial charge is 0.125 e. The lowest BCUT2D eigenvalue weighted by Gasteiger charge is -2.55. The van der Waals surface area contributed by atoms with Gasteiger partial charge in [0, 0.05) is 38.0 Å². The zero-order chi connectivity index (χ0) is 42.9. The SMILES string of the molecule is C=C.C=NN=C.CC.CO.Cc1ccc(C)cc1.[B]C12CCC3NC(CC(=C)CC(C)(C)C=O)CCC3(C)C13CCC1C4=C(C(C)C)C(=C)CC4(CC)CCC123. The molecule has 8 atom stereocenters. The van der Waals surface area contributed by atoms with Crippen molar-refractivity contribution in [3.05, 3.63) is 84.0 Å². The Labute approximate surface area is 345 Å². The lowest BCUT2D eigenvalue weighted by atomic mass is 9.51. The van der Waals surface area contributed by atoms with E-state index in [9.17, 15) is 4.79 Å². The van der Waals surface area contributed by atoms with E-state index in [1.54, 1.807) is 5.57 Å². The first-order valence-electron chi connectivity index (χ1n) is 21.5. The number of aliphatic hydroxyl groups excluding tert-OH is 1. The first kappa shape index (κ1) is 49.3. The third kappa shape index (κ3) is 8.22. The highest BCUT2D eigenvalue weighted by molar-refractivity contribution is 6.20. The Morgan fingerprint density at radius 1 is 0.982 bits per heavy atom. The second-order valence-electron chi connectivity index (χ2n) is 18.4. The molecule has 7 rings (SSSR count). The number of hydrogen-bond acceptors (Lipinski definition) is 5. The molecule has 5 aliphatic carbocycles. The highest BCUT2D eigenvalue weighted by Gasteiger charge is 2.93. The summed E-state index contributed by atoms with van der Waals surface area (Å²) in [6.45, 7) is 43.1. The van der Waals surface area contributed by atoms with Crippen molar-refractivity contribution in [3.8, 4) is 0 Å². The van der Waals surface area contributed by atoms with Gasteiger partial charge in [-0.05, 0) is 124 Å². The van der Waals surface area contributed by atoms with E-state index >= 15 is 0 Å². The minimum absolute atomic E-state index is 0.000814. The van der Waals surface area contributed by atoms with E-state index in [0.717, 1.165) is 26.2 Å². The van der Waals surface area contributed by atoms with Gasteiger partial charge in [-0.3, -0.25) is 0 Å². The predicted octanol–water partition coefficient (Wildman–Crippen LogP) is 12.3. The van der Waals surface area contributed by atoms with Crippen LogP contribution in [0, 0.1) is 52.8 Å².